The summed E-state index contributed by atoms with van der Waals surface area (Å²) in [5.74, 6) is 1.44. The van der Waals surface area contributed by atoms with E-state index in [1.807, 2.05) is 35.5 Å². The van der Waals surface area contributed by atoms with Gasteiger partial charge in [0.05, 0.1) is 18.9 Å². The summed E-state index contributed by atoms with van der Waals surface area (Å²) < 4.78 is 11.7. The molecular formula is C22H30N4O3. The Hall–Kier alpha value is -2.54. The molecule has 1 amide bonds. The molecule has 0 saturated carbocycles. The number of H-pyrrole nitrogens is 1. The topological polar surface area (TPSA) is 70.7 Å². The van der Waals surface area contributed by atoms with E-state index >= 15 is 0 Å². The number of nitrogens with one attached hydrogen (secondary N) is 1. The molecule has 0 atom stereocenters. The monoisotopic (exact) mass is 398 g/mol. The van der Waals surface area contributed by atoms with Crippen molar-refractivity contribution in [3.05, 3.63) is 41.7 Å². The van der Waals surface area contributed by atoms with Crippen LogP contribution in [0.1, 0.15) is 41.6 Å². The Morgan fingerprint density at radius 1 is 1.21 bits per heavy atom. The Labute approximate surface area is 172 Å². The number of hydrogen-bond donors (Lipinski definition) is 1. The normalized spacial score (nSPS) is 18.2. The average Bonchev–Trinajstić information content (AvgIpc) is 3.47. The van der Waals surface area contributed by atoms with Crippen LogP contribution < -0.4 is 9.47 Å². The molecule has 2 aliphatic heterocycles. The maximum Gasteiger partial charge on any atom is 0.257 e. The molecule has 1 aromatic heterocycles. The van der Waals surface area contributed by atoms with E-state index in [0.717, 1.165) is 70.6 Å². The fourth-order valence-corrected chi connectivity index (χ4v) is 4.13. The third-order valence-electron chi connectivity index (χ3n) is 5.91. The predicted molar refractivity (Wildman–Crippen MR) is 111 cm³/mol. The third kappa shape index (κ3) is 4.90. The largest absolute Gasteiger partial charge is 0.497 e. The lowest BCUT2D eigenvalue weighted by Gasteiger charge is -2.32. The van der Waals surface area contributed by atoms with Crippen LogP contribution in [0.3, 0.4) is 0 Å². The summed E-state index contributed by atoms with van der Waals surface area (Å²) in [5, 5.41) is 6.87. The van der Waals surface area contributed by atoms with Gasteiger partial charge in [0.2, 0.25) is 0 Å². The quantitative estimate of drug-likeness (QED) is 0.777. The highest BCUT2D eigenvalue weighted by Gasteiger charge is 2.26. The molecule has 2 saturated heterocycles. The van der Waals surface area contributed by atoms with Crippen LogP contribution in [0.25, 0.3) is 0 Å². The van der Waals surface area contributed by atoms with E-state index < -0.39 is 0 Å². The second-order valence-electron chi connectivity index (χ2n) is 7.88. The minimum Gasteiger partial charge on any atom is -0.497 e. The number of carbonyl (C=O) groups is 1. The van der Waals surface area contributed by atoms with Crippen LogP contribution in [-0.2, 0) is 6.42 Å². The van der Waals surface area contributed by atoms with E-state index in [1.165, 1.54) is 5.56 Å². The maximum absolute atomic E-state index is 12.9. The van der Waals surface area contributed by atoms with Crippen LogP contribution in [-0.4, -0.2) is 71.8 Å². The van der Waals surface area contributed by atoms with E-state index in [-0.39, 0.29) is 12.0 Å². The summed E-state index contributed by atoms with van der Waals surface area (Å²) in [6.45, 7) is 4.70. The van der Waals surface area contributed by atoms with Gasteiger partial charge in [0.1, 0.15) is 17.6 Å². The fourth-order valence-electron chi connectivity index (χ4n) is 4.13. The molecule has 0 bridgehead atoms. The third-order valence-corrected chi connectivity index (χ3v) is 5.91. The van der Waals surface area contributed by atoms with Gasteiger partial charge in [-0.25, -0.2) is 0 Å². The van der Waals surface area contributed by atoms with E-state index in [9.17, 15) is 4.79 Å². The summed E-state index contributed by atoms with van der Waals surface area (Å²) in [4.78, 5) is 17.3. The number of methoxy groups -OCH3 is 1. The van der Waals surface area contributed by atoms with Crippen molar-refractivity contribution in [2.75, 3.05) is 39.8 Å². The van der Waals surface area contributed by atoms with Crippen molar-refractivity contribution >= 4 is 5.91 Å². The Balaban J connectivity index is 1.36. The Morgan fingerprint density at radius 3 is 2.69 bits per heavy atom. The van der Waals surface area contributed by atoms with Crippen LogP contribution in [0.4, 0.5) is 0 Å². The number of nitrogens with zero attached hydrogens (tertiary/aromatic N) is 3. The highest BCUT2D eigenvalue weighted by atomic mass is 16.5. The minimum atomic E-state index is 0.0673. The number of aromatic amines is 1. The van der Waals surface area contributed by atoms with Crippen LogP contribution in [0.15, 0.2) is 30.6 Å². The van der Waals surface area contributed by atoms with Gasteiger partial charge in [-0.1, -0.05) is 0 Å². The molecule has 0 radical (unpaired) electrons. The van der Waals surface area contributed by atoms with Gasteiger partial charge in [-0.3, -0.25) is 9.89 Å². The van der Waals surface area contributed by atoms with Crippen LogP contribution in [0, 0.1) is 0 Å². The molecule has 3 heterocycles. The van der Waals surface area contributed by atoms with Gasteiger partial charge in [-0.05, 0) is 49.8 Å². The molecule has 29 heavy (non-hydrogen) atoms. The summed E-state index contributed by atoms with van der Waals surface area (Å²) >= 11 is 0. The van der Waals surface area contributed by atoms with Gasteiger partial charge in [-0.2, -0.15) is 5.10 Å². The maximum atomic E-state index is 12.9. The number of aromatic nitrogens is 2. The van der Waals surface area contributed by atoms with Crippen molar-refractivity contribution in [3.63, 3.8) is 0 Å². The van der Waals surface area contributed by atoms with Crippen LogP contribution in [0.5, 0.6) is 11.5 Å². The zero-order valence-corrected chi connectivity index (χ0v) is 17.1. The summed E-state index contributed by atoms with van der Waals surface area (Å²) in [5.41, 5.74) is 1.89. The molecule has 7 nitrogen and oxygen atoms in total. The first-order chi connectivity index (χ1) is 14.2. The first kappa shape index (κ1) is 19.8. The van der Waals surface area contributed by atoms with Gasteiger partial charge in [-0.15, -0.1) is 0 Å². The first-order valence-electron chi connectivity index (χ1n) is 10.6. The van der Waals surface area contributed by atoms with Crippen LogP contribution in [0.2, 0.25) is 0 Å². The molecule has 156 valence electrons. The second-order valence-corrected chi connectivity index (χ2v) is 7.88. The van der Waals surface area contributed by atoms with Crippen molar-refractivity contribution in [1.29, 1.82) is 0 Å². The molecule has 1 N–H and O–H groups in total. The molecule has 2 aliphatic rings. The van der Waals surface area contributed by atoms with E-state index in [1.54, 1.807) is 7.11 Å². The lowest BCUT2D eigenvalue weighted by molar-refractivity contribution is 0.0768. The SMILES string of the molecule is COc1ccc(C(=O)N2CCCC2)c(OC2CCN(CCc3cn[nH]c3)CC2)c1. The summed E-state index contributed by atoms with van der Waals surface area (Å²) in [6, 6.07) is 5.54. The van der Waals surface area contributed by atoms with Gasteiger partial charge in [0.25, 0.3) is 5.91 Å². The number of carbonyl (C=O) groups excluding carboxylic acids is 1. The van der Waals surface area contributed by atoms with Crippen molar-refractivity contribution in [2.24, 2.45) is 0 Å². The zero-order chi connectivity index (χ0) is 20.1. The summed E-state index contributed by atoms with van der Waals surface area (Å²) in [7, 11) is 1.64. The molecule has 1 aromatic carbocycles. The van der Waals surface area contributed by atoms with Gasteiger partial charge in [0.15, 0.2) is 0 Å². The molecular weight excluding hydrogens is 368 g/mol. The molecule has 0 unspecified atom stereocenters. The molecule has 0 aliphatic carbocycles. The number of benzene rings is 1. The lowest BCUT2D eigenvalue weighted by atomic mass is 10.1. The number of ether oxygens (including phenoxy) is 2. The molecule has 2 fully saturated rings. The zero-order valence-electron chi connectivity index (χ0n) is 17.1. The smallest absolute Gasteiger partial charge is 0.257 e. The lowest BCUT2D eigenvalue weighted by Crippen LogP contribution is -2.39. The first-order valence-corrected chi connectivity index (χ1v) is 10.6. The van der Waals surface area contributed by atoms with Crippen molar-refractivity contribution < 1.29 is 14.3 Å². The van der Waals surface area contributed by atoms with Gasteiger partial charge in [0, 0.05) is 45.0 Å². The Kier molecular flexibility index (Phi) is 6.34. The number of piperidine rings is 1. The molecule has 0 spiro atoms. The number of hydrogen-bond acceptors (Lipinski definition) is 5. The van der Waals surface area contributed by atoms with Crippen molar-refractivity contribution in [3.8, 4) is 11.5 Å². The van der Waals surface area contributed by atoms with Crippen molar-refractivity contribution in [2.45, 2.75) is 38.2 Å². The predicted octanol–water partition coefficient (Wildman–Crippen LogP) is 2.74. The highest BCUT2D eigenvalue weighted by molar-refractivity contribution is 5.97. The van der Waals surface area contributed by atoms with E-state index in [0.29, 0.717) is 11.3 Å². The van der Waals surface area contributed by atoms with Crippen LogP contribution >= 0.6 is 0 Å². The average molecular weight is 399 g/mol. The highest BCUT2D eigenvalue weighted by Crippen LogP contribution is 2.29. The van der Waals surface area contributed by atoms with E-state index in [4.69, 9.17) is 9.47 Å². The Bertz CT molecular complexity index is 794. The molecule has 2 aromatic rings. The number of amides is 1. The van der Waals surface area contributed by atoms with E-state index in [2.05, 4.69) is 15.1 Å². The van der Waals surface area contributed by atoms with Gasteiger partial charge < -0.3 is 19.3 Å². The Morgan fingerprint density at radius 2 is 2.00 bits per heavy atom. The number of rotatable bonds is 7. The molecule has 4 rings (SSSR count). The van der Waals surface area contributed by atoms with Crippen molar-refractivity contribution in [1.82, 2.24) is 20.0 Å². The minimum absolute atomic E-state index is 0.0673. The molecule has 7 heteroatoms. The number of likely N-dealkylation sites (tertiary alicyclic amines) is 2. The second kappa shape index (κ2) is 9.31. The summed E-state index contributed by atoms with van der Waals surface area (Å²) in [6.07, 6.45) is 9.05. The van der Waals surface area contributed by atoms with Gasteiger partial charge >= 0.3 is 0 Å². The fraction of sp³-hybridized carbons (Fsp3) is 0.545. The standard InChI is InChI=1S/C22H30N4O3/c1-28-19-4-5-20(22(27)26-9-2-3-10-26)21(14-19)29-18-7-12-25(13-8-18)11-6-17-15-23-24-16-17/h4-5,14-16,18H,2-3,6-13H2,1H3,(H,23,24).